The van der Waals surface area contributed by atoms with Crippen LogP contribution in [-0.2, 0) is 4.74 Å². The molecule has 206 valence electrons. The zero-order chi connectivity index (χ0) is 28.8. The van der Waals surface area contributed by atoms with Gasteiger partial charge in [0.1, 0.15) is 5.82 Å². The summed E-state index contributed by atoms with van der Waals surface area (Å²) in [7, 11) is 1.37. The molecule has 1 aromatic heterocycles. The van der Waals surface area contributed by atoms with Gasteiger partial charge in [0.15, 0.2) is 17.5 Å². The van der Waals surface area contributed by atoms with Crippen LogP contribution in [0.15, 0.2) is 113 Å². The summed E-state index contributed by atoms with van der Waals surface area (Å²) in [5.41, 5.74) is 6.14. The van der Waals surface area contributed by atoms with Gasteiger partial charge in [-0.15, -0.1) is 0 Å². The summed E-state index contributed by atoms with van der Waals surface area (Å²) in [6, 6.07) is 30.9. The van der Waals surface area contributed by atoms with Gasteiger partial charge in [-0.2, -0.15) is 5.10 Å². The minimum Gasteiger partial charge on any atom is -0.465 e. The van der Waals surface area contributed by atoms with Gasteiger partial charge in [0, 0.05) is 11.3 Å². The lowest BCUT2D eigenvalue weighted by atomic mass is 9.92. The highest BCUT2D eigenvalue weighted by Gasteiger charge is 2.41. The van der Waals surface area contributed by atoms with Crippen LogP contribution in [-0.4, -0.2) is 34.5 Å². The first-order chi connectivity index (χ1) is 20.5. The molecular formula is C33H25FN6O2. The highest BCUT2D eigenvalue weighted by Crippen LogP contribution is 2.48. The van der Waals surface area contributed by atoms with Crippen molar-refractivity contribution >= 4 is 40.5 Å². The first kappa shape index (κ1) is 25.4. The van der Waals surface area contributed by atoms with Crippen LogP contribution in [0.4, 0.5) is 27.3 Å². The van der Waals surface area contributed by atoms with E-state index in [4.69, 9.17) is 19.8 Å². The molecule has 1 unspecified atom stereocenters. The van der Waals surface area contributed by atoms with Gasteiger partial charge in [-0.05, 0) is 67.1 Å². The molecule has 5 aromatic rings. The van der Waals surface area contributed by atoms with Crippen LogP contribution in [0.5, 0.6) is 0 Å². The Morgan fingerprint density at radius 3 is 2.43 bits per heavy atom. The Hall–Kier alpha value is -5.57. The molecule has 4 aromatic carbocycles. The summed E-state index contributed by atoms with van der Waals surface area (Å²) in [6.45, 7) is 1.98. The van der Waals surface area contributed by atoms with Crippen molar-refractivity contribution in [3.63, 3.8) is 0 Å². The molecular weight excluding hydrogens is 531 g/mol. The molecule has 9 heteroatoms. The lowest BCUT2D eigenvalue weighted by Crippen LogP contribution is -2.46. The van der Waals surface area contributed by atoms with E-state index in [2.05, 4.69) is 10.2 Å². The van der Waals surface area contributed by atoms with Gasteiger partial charge in [-0.3, -0.25) is 0 Å². The van der Waals surface area contributed by atoms with E-state index in [9.17, 15) is 9.18 Å². The summed E-state index contributed by atoms with van der Waals surface area (Å²) in [6.07, 6.45) is 0. The van der Waals surface area contributed by atoms with Crippen molar-refractivity contribution in [3.8, 4) is 5.69 Å². The van der Waals surface area contributed by atoms with Crippen LogP contribution in [0.25, 0.3) is 5.69 Å². The number of nitrogens with zero attached hydrogens (tertiary/aromatic N) is 5. The highest BCUT2D eigenvalue weighted by atomic mass is 19.1. The lowest BCUT2D eigenvalue weighted by Gasteiger charge is -2.40. The van der Waals surface area contributed by atoms with Gasteiger partial charge < -0.3 is 15.0 Å². The number of amidine groups is 2. The number of fused-ring (bicyclic) bond motifs is 4. The van der Waals surface area contributed by atoms with Crippen LogP contribution in [0.3, 0.4) is 0 Å². The fourth-order valence-electron chi connectivity index (χ4n) is 5.48. The molecule has 42 heavy (non-hydrogen) atoms. The number of ether oxygens (including phenoxy) is 1. The van der Waals surface area contributed by atoms with Crippen LogP contribution >= 0.6 is 0 Å². The standard InChI is InChI=1S/C33H25FN6O2/c1-20-28-29(21-15-17-22(18-16-21)33(41)42-2)39-27-14-7-6-13-26(27)36-30(35-24-10-8-9-23(34)19-24)32(39)37-31(28)40(38-20)25-11-4-3-5-12-25/h3-19,29H,1-2H3,(H,35,36). The first-order valence-electron chi connectivity index (χ1n) is 13.4. The van der Waals surface area contributed by atoms with E-state index in [1.165, 1.54) is 19.2 Å². The number of hydrogen-bond acceptors (Lipinski definition) is 7. The molecule has 0 saturated heterocycles. The van der Waals surface area contributed by atoms with Crippen LogP contribution in [0.1, 0.15) is 33.2 Å². The predicted molar refractivity (Wildman–Crippen MR) is 161 cm³/mol. The number of benzene rings is 4. The predicted octanol–water partition coefficient (Wildman–Crippen LogP) is 6.90. The van der Waals surface area contributed by atoms with Crippen LogP contribution in [0, 0.1) is 12.7 Å². The first-order valence-corrected chi connectivity index (χ1v) is 13.4. The summed E-state index contributed by atoms with van der Waals surface area (Å²) < 4.78 is 20.9. The second-order valence-electron chi connectivity index (χ2n) is 9.98. The van der Waals surface area contributed by atoms with Crippen molar-refractivity contribution in [1.29, 1.82) is 0 Å². The molecule has 2 aliphatic rings. The lowest BCUT2D eigenvalue weighted by molar-refractivity contribution is 0.0600. The minimum atomic E-state index is -0.404. The molecule has 0 amide bonds. The quantitative estimate of drug-likeness (QED) is 0.244. The summed E-state index contributed by atoms with van der Waals surface area (Å²) in [4.78, 5) is 24.5. The third kappa shape index (κ3) is 4.23. The molecule has 0 bridgehead atoms. The number of halogens is 1. The van der Waals surface area contributed by atoms with E-state index < -0.39 is 5.97 Å². The van der Waals surface area contributed by atoms with E-state index in [1.807, 2.05) is 78.3 Å². The Bertz CT molecular complexity index is 1900. The van der Waals surface area contributed by atoms with E-state index >= 15 is 0 Å². The van der Waals surface area contributed by atoms with Crippen molar-refractivity contribution in [2.24, 2.45) is 9.98 Å². The topological polar surface area (TPSA) is 84.1 Å². The molecule has 1 N–H and O–H groups in total. The highest BCUT2D eigenvalue weighted by molar-refractivity contribution is 6.51. The van der Waals surface area contributed by atoms with Crippen molar-refractivity contribution in [2.75, 3.05) is 17.3 Å². The van der Waals surface area contributed by atoms with Crippen molar-refractivity contribution in [1.82, 2.24) is 9.78 Å². The Morgan fingerprint density at radius 1 is 0.905 bits per heavy atom. The molecule has 2 aliphatic heterocycles. The van der Waals surface area contributed by atoms with Gasteiger partial charge in [0.25, 0.3) is 0 Å². The van der Waals surface area contributed by atoms with E-state index in [-0.39, 0.29) is 11.9 Å². The number of nitrogens with one attached hydrogen (secondary N) is 1. The van der Waals surface area contributed by atoms with Gasteiger partial charge in [-0.25, -0.2) is 23.9 Å². The number of aryl methyl sites for hydroxylation is 1. The van der Waals surface area contributed by atoms with E-state index in [1.54, 1.807) is 24.3 Å². The molecule has 1 atom stereocenters. The maximum atomic E-state index is 14.2. The summed E-state index contributed by atoms with van der Waals surface area (Å²) in [5, 5.41) is 8.24. The third-order valence-electron chi connectivity index (χ3n) is 7.37. The molecule has 0 spiro atoms. The maximum Gasteiger partial charge on any atom is 0.337 e. The zero-order valence-corrected chi connectivity index (χ0v) is 22.8. The third-order valence-corrected chi connectivity index (χ3v) is 7.37. The summed E-state index contributed by atoms with van der Waals surface area (Å²) in [5.74, 6) is 0.936. The number of hydrogen-bond donors (Lipinski definition) is 1. The number of anilines is 2. The second-order valence-corrected chi connectivity index (χ2v) is 9.98. The number of carbonyl (C=O) groups excluding carboxylic acids is 1. The van der Waals surface area contributed by atoms with Crippen molar-refractivity contribution in [2.45, 2.75) is 13.0 Å². The average Bonchev–Trinajstić information content (AvgIpc) is 3.36. The molecule has 3 heterocycles. The van der Waals surface area contributed by atoms with Crippen molar-refractivity contribution in [3.05, 3.63) is 131 Å². The number of carbonyl (C=O) groups is 1. The normalized spacial score (nSPS) is 15.1. The number of para-hydroxylation sites is 3. The number of aromatic nitrogens is 2. The van der Waals surface area contributed by atoms with Crippen LogP contribution in [0.2, 0.25) is 0 Å². The largest absolute Gasteiger partial charge is 0.465 e. The van der Waals surface area contributed by atoms with Gasteiger partial charge in [0.05, 0.1) is 41.5 Å². The Balaban J connectivity index is 1.47. The number of methoxy groups -OCH3 is 1. The fourth-order valence-corrected chi connectivity index (χ4v) is 5.48. The Labute approximate surface area is 241 Å². The second kappa shape index (κ2) is 10.1. The van der Waals surface area contributed by atoms with Gasteiger partial charge in [-0.1, -0.05) is 48.5 Å². The average molecular weight is 557 g/mol. The fraction of sp³-hybridized carbons (Fsp3) is 0.0909. The number of rotatable bonds is 4. The van der Waals surface area contributed by atoms with E-state index in [0.29, 0.717) is 28.7 Å². The SMILES string of the molecule is COC(=O)c1ccc(C2c3c(C)nn(-c4ccccc4)c3N=C3C(Nc4cccc(F)c4)=Nc4ccccc4N32)cc1. The molecule has 0 aliphatic carbocycles. The molecule has 0 fully saturated rings. The molecule has 8 nitrogen and oxygen atoms in total. The van der Waals surface area contributed by atoms with Crippen molar-refractivity contribution < 1.29 is 13.9 Å². The molecule has 0 radical (unpaired) electrons. The Kier molecular flexibility index (Phi) is 6.12. The van der Waals surface area contributed by atoms with Gasteiger partial charge in [0.2, 0.25) is 0 Å². The van der Waals surface area contributed by atoms with E-state index in [0.717, 1.165) is 33.9 Å². The zero-order valence-electron chi connectivity index (χ0n) is 22.8. The number of esters is 1. The summed E-state index contributed by atoms with van der Waals surface area (Å²) >= 11 is 0. The minimum absolute atomic E-state index is 0.358. The van der Waals surface area contributed by atoms with Gasteiger partial charge >= 0.3 is 5.97 Å². The molecule has 0 saturated carbocycles. The molecule has 7 rings (SSSR count). The monoisotopic (exact) mass is 556 g/mol. The smallest absolute Gasteiger partial charge is 0.337 e. The Morgan fingerprint density at radius 2 is 1.67 bits per heavy atom. The van der Waals surface area contributed by atoms with Crippen LogP contribution < -0.4 is 10.2 Å². The maximum absolute atomic E-state index is 14.2. The number of aliphatic imine (C=N–C) groups is 2.